The van der Waals surface area contributed by atoms with Gasteiger partial charge in [0.05, 0.1) is 12.0 Å². The van der Waals surface area contributed by atoms with Crippen molar-refractivity contribution >= 4 is 33.2 Å². The maximum absolute atomic E-state index is 12.2. The molecule has 2 aromatic rings. The van der Waals surface area contributed by atoms with Crippen LogP contribution in [0.15, 0.2) is 53.4 Å². The second kappa shape index (κ2) is 9.15. The lowest BCUT2D eigenvalue weighted by Crippen LogP contribution is -2.27. The maximum atomic E-state index is 12.2. The van der Waals surface area contributed by atoms with Crippen LogP contribution in [-0.4, -0.2) is 33.9 Å². The quantitative estimate of drug-likeness (QED) is 0.637. The highest BCUT2D eigenvalue weighted by Gasteiger charge is 2.14. The first-order valence-electron chi connectivity index (χ1n) is 8.11. The molecule has 0 radical (unpaired) electrons. The molecule has 0 aliphatic rings. The smallest absolute Gasteiger partial charge is 0.240 e. The Morgan fingerprint density at radius 1 is 0.926 bits per heavy atom. The number of ether oxygens (including phenoxy) is 1. The summed E-state index contributed by atoms with van der Waals surface area (Å²) in [6.07, 6.45) is -0.0186. The van der Waals surface area contributed by atoms with Crippen molar-refractivity contribution in [2.75, 3.05) is 24.3 Å². The lowest BCUT2D eigenvalue weighted by molar-refractivity contribution is -0.116. The molecule has 27 heavy (non-hydrogen) atoms. The maximum Gasteiger partial charge on any atom is 0.240 e. The van der Waals surface area contributed by atoms with Crippen LogP contribution in [0.5, 0.6) is 5.75 Å². The molecule has 0 saturated heterocycles. The van der Waals surface area contributed by atoms with E-state index in [1.54, 1.807) is 31.4 Å². The average molecular weight is 391 g/mol. The van der Waals surface area contributed by atoms with E-state index in [2.05, 4.69) is 15.4 Å². The topological polar surface area (TPSA) is 114 Å². The van der Waals surface area contributed by atoms with Crippen LogP contribution in [0.2, 0.25) is 0 Å². The number of carbonyl (C=O) groups excluding carboxylic acids is 2. The predicted octanol–water partition coefficient (Wildman–Crippen LogP) is 1.96. The Morgan fingerprint density at radius 2 is 1.48 bits per heavy atom. The van der Waals surface area contributed by atoms with E-state index in [0.29, 0.717) is 17.1 Å². The molecule has 0 aromatic heterocycles. The number of benzene rings is 2. The van der Waals surface area contributed by atoms with Crippen LogP contribution in [0.1, 0.15) is 13.3 Å². The first-order chi connectivity index (χ1) is 12.8. The molecule has 0 bridgehead atoms. The molecule has 144 valence electrons. The second-order valence-corrected chi connectivity index (χ2v) is 7.40. The van der Waals surface area contributed by atoms with Crippen molar-refractivity contribution < 1.29 is 22.7 Å². The summed E-state index contributed by atoms with van der Waals surface area (Å²) in [4.78, 5) is 22.9. The van der Waals surface area contributed by atoms with E-state index in [4.69, 9.17) is 4.74 Å². The molecule has 2 rings (SSSR count). The summed E-state index contributed by atoms with van der Waals surface area (Å²) < 4.78 is 31.9. The van der Waals surface area contributed by atoms with Gasteiger partial charge in [0.2, 0.25) is 21.8 Å². The normalized spacial score (nSPS) is 10.9. The van der Waals surface area contributed by atoms with Crippen LogP contribution >= 0.6 is 0 Å². The highest BCUT2D eigenvalue weighted by molar-refractivity contribution is 7.89. The third-order valence-electron chi connectivity index (χ3n) is 3.50. The summed E-state index contributed by atoms with van der Waals surface area (Å²) in [5, 5.41) is 5.23. The molecule has 2 amide bonds. The van der Waals surface area contributed by atoms with Gasteiger partial charge in [-0.15, -0.1) is 0 Å². The lowest BCUT2D eigenvalue weighted by atomic mass is 10.3. The van der Waals surface area contributed by atoms with Crippen LogP contribution in [0.25, 0.3) is 0 Å². The number of hydrogen-bond acceptors (Lipinski definition) is 5. The van der Waals surface area contributed by atoms with Gasteiger partial charge in [-0.2, -0.15) is 0 Å². The number of hydrogen-bond donors (Lipinski definition) is 3. The third-order valence-corrected chi connectivity index (χ3v) is 4.98. The summed E-state index contributed by atoms with van der Waals surface area (Å²) in [5.41, 5.74) is 1.09. The van der Waals surface area contributed by atoms with Crippen molar-refractivity contribution in [1.82, 2.24) is 4.72 Å². The molecule has 0 heterocycles. The van der Waals surface area contributed by atoms with E-state index in [0.717, 1.165) is 0 Å². The van der Waals surface area contributed by atoms with Crippen LogP contribution in [0, 0.1) is 0 Å². The molecule has 2 aromatic carbocycles. The zero-order chi connectivity index (χ0) is 19.9. The van der Waals surface area contributed by atoms with Crippen molar-refractivity contribution in [2.24, 2.45) is 0 Å². The number of amides is 2. The van der Waals surface area contributed by atoms with Gasteiger partial charge < -0.3 is 15.4 Å². The third kappa shape index (κ3) is 6.39. The van der Waals surface area contributed by atoms with Gasteiger partial charge in [0.1, 0.15) is 5.75 Å². The molecule has 0 atom stereocenters. The molecule has 0 aliphatic carbocycles. The second-order valence-electron chi connectivity index (χ2n) is 5.63. The van der Waals surface area contributed by atoms with Crippen molar-refractivity contribution in [2.45, 2.75) is 18.2 Å². The molecule has 8 nitrogen and oxygen atoms in total. The largest absolute Gasteiger partial charge is 0.497 e. The fraction of sp³-hybridized carbons (Fsp3) is 0.222. The molecule has 0 unspecified atom stereocenters. The van der Waals surface area contributed by atoms with Crippen LogP contribution in [0.4, 0.5) is 11.4 Å². The Morgan fingerprint density at radius 3 is 2.04 bits per heavy atom. The van der Waals surface area contributed by atoms with Gasteiger partial charge in [-0.05, 0) is 48.5 Å². The molecule has 3 N–H and O–H groups in total. The van der Waals surface area contributed by atoms with E-state index in [1.807, 2.05) is 0 Å². The van der Waals surface area contributed by atoms with Gasteiger partial charge in [0.15, 0.2) is 0 Å². The number of anilines is 2. The Bertz CT molecular complexity index is 894. The Balaban J connectivity index is 1.85. The average Bonchev–Trinajstić information content (AvgIpc) is 2.62. The summed E-state index contributed by atoms with van der Waals surface area (Å²) in [6.45, 7) is 1.32. The van der Waals surface area contributed by atoms with Gasteiger partial charge in [-0.25, -0.2) is 13.1 Å². The first-order valence-corrected chi connectivity index (χ1v) is 9.60. The summed E-state index contributed by atoms with van der Waals surface area (Å²) in [6, 6.07) is 12.6. The predicted molar refractivity (Wildman–Crippen MR) is 102 cm³/mol. The monoisotopic (exact) mass is 391 g/mol. The van der Waals surface area contributed by atoms with Gasteiger partial charge in [0, 0.05) is 31.3 Å². The molecule has 0 spiro atoms. The Kier molecular flexibility index (Phi) is 6.91. The van der Waals surface area contributed by atoms with E-state index in [-0.39, 0.29) is 29.7 Å². The fourth-order valence-electron chi connectivity index (χ4n) is 2.20. The lowest BCUT2D eigenvalue weighted by Gasteiger charge is -2.09. The van der Waals surface area contributed by atoms with Gasteiger partial charge in [-0.3, -0.25) is 9.59 Å². The minimum absolute atomic E-state index is 0.0186. The van der Waals surface area contributed by atoms with Crippen LogP contribution in [-0.2, 0) is 19.6 Å². The Labute approximate surface area is 158 Å². The highest BCUT2D eigenvalue weighted by Crippen LogP contribution is 2.16. The van der Waals surface area contributed by atoms with Crippen LogP contribution in [0.3, 0.4) is 0 Å². The van der Waals surface area contributed by atoms with Crippen molar-refractivity contribution in [3.05, 3.63) is 48.5 Å². The van der Waals surface area contributed by atoms with Gasteiger partial charge in [0.25, 0.3) is 0 Å². The van der Waals surface area contributed by atoms with E-state index in [1.165, 1.54) is 31.2 Å². The fourth-order valence-corrected chi connectivity index (χ4v) is 3.23. The summed E-state index contributed by atoms with van der Waals surface area (Å²) in [5.74, 6) is 0.112. The first kappa shape index (κ1) is 20.4. The SMILES string of the molecule is COc1ccc(NC(=O)CCNS(=O)(=O)c2ccc(NC(C)=O)cc2)cc1. The van der Waals surface area contributed by atoms with Crippen molar-refractivity contribution in [3.63, 3.8) is 0 Å². The minimum atomic E-state index is -3.74. The number of nitrogens with one attached hydrogen (secondary N) is 3. The highest BCUT2D eigenvalue weighted by atomic mass is 32.2. The molecular weight excluding hydrogens is 370 g/mol. The number of rotatable bonds is 8. The molecular formula is C18H21N3O5S. The standard InChI is InChI=1S/C18H21N3O5S/c1-13(22)20-14-5-9-17(10-6-14)27(24,25)19-12-11-18(23)21-15-3-7-16(26-2)8-4-15/h3-10,19H,11-12H2,1-2H3,(H,20,22)(H,21,23). The zero-order valence-corrected chi connectivity index (χ0v) is 15.8. The van der Waals surface area contributed by atoms with E-state index >= 15 is 0 Å². The summed E-state index contributed by atoms with van der Waals surface area (Å²) >= 11 is 0. The molecule has 0 aliphatic heterocycles. The summed E-state index contributed by atoms with van der Waals surface area (Å²) in [7, 11) is -2.19. The number of methoxy groups -OCH3 is 1. The van der Waals surface area contributed by atoms with Gasteiger partial charge in [-0.1, -0.05) is 0 Å². The number of sulfonamides is 1. The number of carbonyl (C=O) groups is 2. The Hall–Kier alpha value is -2.91. The van der Waals surface area contributed by atoms with Crippen LogP contribution < -0.4 is 20.1 Å². The minimum Gasteiger partial charge on any atom is -0.497 e. The van der Waals surface area contributed by atoms with Crippen molar-refractivity contribution in [3.8, 4) is 5.75 Å². The molecule has 0 fully saturated rings. The molecule has 0 saturated carbocycles. The van der Waals surface area contributed by atoms with Crippen molar-refractivity contribution in [1.29, 1.82) is 0 Å². The molecule has 9 heteroatoms. The zero-order valence-electron chi connectivity index (χ0n) is 15.0. The van der Waals surface area contributed by atoms with E-state index < -0.39 is 10.0 Å². The van der Waals surface area contributed by atoms with Gasteiger partial charge >= 0.3 is 0 Å². The van der Waals surface area contributed by atoms with E-state index in [9.17, 15) is 18.0 Å².